The molecule has 1 unspecified atom stereocenters. The molecule has 1 aliphatic rings. The van der Waals surface area contributed by atoms with Crippen LogP contribution >= 0.6 is 0 Å². The quantitative estimate of drug-likeness (QED) is 0.584. The predicted molar refractivity (Wildman–Crippen MR) is 50.3 cm³/mol. The SMILES string of the molecule is COC(=O)C1(N)CCCN(C)CC1. The van der Waals surface area contributed by atoms with Gasteiger partial charge in [-0.2, -0.15) is 0 Å². The minimum atomic E-state index is -0.750. The largest absolute Gasteiger partial charge is 0.468 e. The van der Waals surface area contributed by atoms with E-state index in [-0.39, 0.29) is 5.97 Å². The van der Waals surface area contributed by atoms with Gasteiger partial charge in [0.25, 0.3) is 0 Å². The monoisotopic (exact) mass is 186 g/mol. The first-order valence-electron chi connectivity index (χ1n) is 4.64. The highest BCUT2D eigenvalue weighted by molar-refractivity contribution is 5.80. The van der Waals surface area contributed by atoms with Gasteiger partial charge in [0.1, 0.15) is 5.54 Å². The summed E-state index contributed by atoms with van der Waals surface area (Å²) in [5, 5.41) is 0. The van der Waals surface area contributed by atoms with Crippen molar-refractivity contribution in [3.63, 3.8) is 0 Å². The van der Waals surface area contributed by atoms with Gasteiger partial charge in [0.05, 0.1) is 7.11 Å². The third-order valence-electron chi connectivity index (χ3n) is 2.69. The van der Waals surface area contributed by atoms with E-state index in [0.717, 1.165) is 25.9 Å². The molecule has 76 valence electrons. The molecular weight excluding hydrogens is 168 g/mol. The molecule has 1 rings (SSSR count). The molecule has 4 nitrogen and oxygen atoms in total. The van der Waals surface area contributed by atoms with Crippen molar-refractivity contribution in [2.75, 3.05) is 27.2 Å². The second kappa shape index (κ2) is 4.07. The Hall–Kier alpha value is -0.610. The van der Waals surface area contributed by atoms with Crippen LogP contribution in [-0.4, -0.2) is 43.7 Å². The Bertz CT molecular complexity index is 196. The zero-order valence-corrected chi connectivity index (χ0v) is 8.38. The van der Waals surface area contributed by atoms with Crippen molar-refractivity contribution in [2.24, 2.45) is 5.73 Å². The zero-order chi connectivity index (χ0) is 9.90. The van der Waals surface area contributed by atoms with E-state index in [0.29, 0.717) is 6.42 Å². The fourth-order valence-corrected chi connectivity index (χ4v) is 1.70. The Morgan fingerprint density at radius 3 is 2.77 bits per heavy atom. The highest BCUT2D eigenvalue weighted by Gasteiger charge is 2.36. The first kappa shape index (κ1) is 10.5. The summed E-state index contributed by atoms with van der Waals surface area (Å²) >= 11 is 0. The molecule has 0 radical (unpaired) electrons. The Morgan fingerprint density at radius 1 is 1.46 bits per heavy atom. The van der Waals surface area contributed by atoms with E-state index in [1.807, 2.05) is 7.05 Å². The lowest BCUT2D eigenvalue weighted by molar-refractivity contribution is -0.147. The highest BCUT2D eigenvalue weighted by atomic mass is 16.5. The van der Waals surface area contributed by atoms with Gasteiger partial charge < -0.3 is 15.4 Å². The number of hydrogen-bond donors (Lipinski definition) is 1. The second-order valence-corrected chi connectivity index (χ2v) is 3.80. The molecule has 1 atom stereocenters. The van der Waals surface area contributed by atoms with Gasteiger partial charge in [-0.15, -0.1) is 0 Å². The van der Waals surface area contributed by atoms with Crippen molar-refractivity contribution in [1.82, 2.24) is 4.90 Å². The maximum atomic E-state index is 11.4. The number of nitrogens with two attached hydrogens (primary N) is 1. The van der Waals surface area contributed by atoms with E-state index in [4.69, 9.17) is 10.5 Å². The fraction of sp³-hybridized carbons (Fsp3) is 0.889. The lowest BCUT2D eigenvalue weighted by Gasteiger charge is -2.24. The molecule has 1 saturated heterocycles. The Morgan fingerprint density at radius 2 is 2.15 bits per heavy atom. The van der Waals surface area contributed by atoms with Crippen LogP contribution in [0.2, 0.25) is 0 Å². The van der Waals surface area contributed by atoms with Gasteiger partial charge in [-0.3, -0.25) is 4.79 Å². The number of hydrogen-bond acceptors (Lipinski definition) is 4. The van der Waals surface area contributed by atoms with E-state index in [1.165, 1.54) is 7.11 Å². The van der Waals surface area contributed by atoms with Gasteiger partial charge in [0.2, 0.25) is 0 Å². The van der Waals surface area contributed by atoms with Crippen molar-refractivity contribution in [3.8, 4) is 0 Å². The minimum Gasteiger partial charge on any atom is -0.468 e. The third-order valence-corrected chi connectivity index (χ3v) is 2.69. The average molecular weight is 186 g/mol. The maximum Gasteiger partial charge on any atom is 0.325 e. The number of ether oxygens (including phenoxy) is 1. The summed E-state index contributed by atoms with van der Waals surface area (Å²) in [5.74, 6) is -0.275. The lowest BCUT2D eigenvalue weighted by Crippen LogP contribution is -2.49. The molecule has 4 heteroatoms. The van der Waals surface area contributed by atoms with Gasteiger partial charge in [-0.25, -0.2) is 0 Å². The normalized spacial score (nSPS) is 31.0. The van der Waals surface area contributed by atoms with Crippen molar-refractivity contribution in [3.05, 3.63) is 0 Å². The summed E-state index contributed by atoms with van der Waals surface area (Å²) in [6, 6.07) is 0. The number of carbonyl (C=O) groups excluding carboxylic acids is 1. The molecular formula is C9H18N2O2. The molecule has 2 N–H and O–H groups in total. The Kier molecular flexibility index (Phi) is 3.27. The van der Waals surface area contributed by atoms with E-state index in [9.17, 15) is 4.79 Å². The van der Waals surface area contributed by atoms with Gasteiger partial charge in [0, 0.05) is 6.54 Å². The first-order chi connectivity index (χ1) is 6.08. The van der Waals surface area contributed by atoms with E-state index >= 15 is 0 Å². The molecule has 0 amide bonds. The van der Waals surface area contributed by atoms with Crippen LogP contribution in [0.15, 0.2) is 0 Å². The Balaban J connectivity index is 2.62. The number of likely N-dealkylation sites (tertiary alicyclic amines) is 1. The first-order valence-corrected chi connectivity index (χ1v) is 4.64. The molecule has 0 bridgehead atoms. The molecule has 1 heterocycles. The van der Waals surface area contributed by atoms with Gasteiger partial charge in [-0.1, -0.05) is 0 Å². The Labute approximate surface area is 79.0 Å². The van der Waals surface area contributed by atoms with Crippen LogP contribution in [0.1, 0.15) is 19.3 Å². The molecule has 0 saturated carbocycles. The van der Waals surface area contributed by atoms with Crippen LogP contribution in [0.5, 0.6) is 0 Å². The van der Waals surface area contributed by atoms with Crippen molar-refractivity contribution in [2.45, 2.75) is 24.8 Å². The second-order valence-electron chi connectivity index (χ2n) is 3.80. The summed E-state index contributed by atoms with van der Waals surface area (Å²) < 4.78 is 4.70. The van der Waals surface area contributed by atoms with Gasteiger partial charge in [0.15, 0.2) is 0 Å². The summed E-state index contributed by atoms with van der Waals surface area (Å²) in [5.41, 5.74) is 5.22. The highest BCUT2D eigenvalue weighted by Crippen LogP contribution is 2.20. The van der Waals surface area contributed by atoms with Crippen LogP contribution in [0, 0.1) is 0 Å². The third kappa shape index (κ3) is 2.42. The molecule has 0 spiro atoms. The van der Waals surface area contributed by atoms with Gasteiger partial charge >= 0.3 is 5.97 Å². The maximum absolute atomic E-state index is 11.4. The standard InChI is InChI=1S/C9H18N2O2/c1-11-6-3-4-9(10,5-7-11)8(12)13-2/h3-7,10H2,1-2H3. The number of nitrogens with zero attached hydrogens (tertiary/aromatic N) is 1. The molecule has 1 aliphatic heterocycles. The topological polar surface area (TPSA) is 55.6 Å². The van der Waals surface area contributed by atoms with E-state index in [2.05, 4.69) is 4.90 Å². The van der Waals surface area contributed by atoms with Crippen molar-refractivity contribution < 1.29 is 9.53 Å². The molecule has 13 heavy (non-hydrogen) atoms. The molecule has 0 aromatic heterocycles. The lowest BCUT2D eigenvalue weighted by atomic mass is 9.92. The van der Waals surface area contributed by atoms with Crippen LogP contribution < -0.4 is 5.73 Å². The molecule has 0 aromatic rings. The molecule has 0 aromatic carbocycles. The number of carbonyl (C=O) groups is 1. The van der Waals surface area contributed by atoms with Crippen LogP contribution in [0.3, 0.4) is 0 Å². The van der Waals surface area contributed by atoms with Crippen LogP contribution in [0.4, 0.5) is 0 Å². The minimum absolute atomic E-state index is 0.275. The summed E-state index contributed by atoms with van der Waals surface area (Å²) in [7, 11) is 3.44. The van der Waals surface area contributed by atoms with E-state index < -0.39 is 5.54 Å². The fourth-order valence-electron chi connectivity index (χ4n) is 1.70. The summed E-state index contributed by atoms with van der Waals surface area (Å²) in [6.45, 7) is 1.88. The zero-order valence-electron chi connectivity index (χ0n) is 8.38. The van der Waals surface area contributed by atoms with E-state index in [1.54, 1.807) is 0 Å². The van der Waals surface area contributed by atoms with Crippen molar-refractivity contribution in [1.29, 1.82) is 0 Å². The summed E-state index contributed by atoms with van der Waals surface area (Å²) in [6.07, 6.45) is 2.38. The number of esters is 1. The van der Waals surface area contributed by atoms with Gasteiger partial charge in [-0.05, 0) is 32.9 Å². The number of methoxy groups -OCH3 is 1. The predicted octanol–water partition coefficient (Wildman–Crippen LogP) is -0.0274. The van der Waals surface area contributed by atoms with Crippen LogP contribution in [0.25, 0.3) is 0 Å². The average Bonchev–Trinajstić information content (AvgIpc) is 2.28. The molecule has 0 aliphatic carbocycles. The molecule has 1 fully saturated rings. The van der Waals surface area contributed by atoms with Crippen LogP contribution in [-0.2, 0) is 9.53 Å². The van der Waals surface area contributed by atoms with Crippen molar-refractivity contribution >= 4 is 5.97 Å². The summed E-state index contributed by atoms with van der Waals surface area (Å²) in [4.78, 5) is 13.6. The smallest absolute Gasteiger partial charge is 0.325 e. The number of rotatable bonds is 1.